The summed E-state index contributed by atoms with van der Waals surface area (Å²) in [5, 5.41) is 2.18. The van der Waals surface area contributed by atoms with Gasteiger partial charge >= 0.3 is 0 Å². The van der Waals surface area contributed by atoms with E-state index in [-0.39, 0.29) is 5.41 Å². The van der Waals surface area contributed by atoms with E-state index in [4.69, 9.17) is 19.4 Å². The molecule has 2 heterocycles. The van der Waals surface area contributed by atoms with Gasteiger partial charge in [-0.15, -0.1) is 0 Å². The van der Waals surface area contributed by atoms with Crippen LogP contribution in [0.15, 0.2) is 144 Å². The van der Waals surface area contributed by atoms with Crippen LogP contribution in [0.4, 0.5) is 0 Å². The van der Waals surface area contributed by atoms with Crippen molar-refractivity contribution in [3.63, 3.8) is 0 Å². The molecular formula is C45H33N3O. The van der Waals surface area contributed by atoms with Crippen molar-refractivity contribution in [3.8, 4) is 56.4 Å². The first-order chi connectivity index (χ1) is 24.2. The van der Waals surface area contributed by atoms with Crippen LogP contribution in [0, 0.1) is 0 Å². The first-order valence-corrected chi connectivity index (χ1v) is 17.3. The third-order valence-electron chi connectivity index (χ3n) is 10.7. The molecule has 0 unspecified atom stereocenters. The average Bonchev–Trinajstić information content (AvgIpc) is 3.68. The smallest absolute Gasteiger partial charge is 0.164 e. The van der Waals surface area contributed by atoms with E-state index in [2.05, 4.69) is 84.9 Å². The molecule has 234 valence electrons. The van der Waals surface area contributed by atoms with Crippen molar-refractivity contribution in [1.82, 2.24) is 15.0 Å². The van der Waals surface area contributed by atoms with E-state index in [9.17, 15) is 0 Å². The Kier molecular flexibility index (Phi) is 6.38. The van der Waals surface area contributed by atoms with Crippen molar-refractivity contribution in [2.75, 3.05) is 0 Å². The molecule has 0 bridgehead atoms. The van der Waals surface area contributed by atoms with Crippen LogP contribution in [0.25, 0.3) is 78.4 Å². The Bertz CT molecular complexity index is 2540. The van der Waals surface area contributed by atoms with Crippen LogP contribution in [0.3, 0.4) is 0 Å². The SMILES string of the molecule is c1ccc(-c2nc(-c3cccc(-c4ccc5c(c4)-c4ccccc4C54CCCCC4)c3)nc(-c3ccc4c(c3)oc3ccccc34)n2)cc1. The largest absolute Gasteiger partial charge is 0.456 e. The zero-order chi connectivity index (χ0) is 32.4. The fourth-order valence-electron chi connectivity index (χ4n) is 8.39. The topological polar surface area (TPSA) is 51.8 Å². The molecule has 0 aliphatic heterocycles. The number of nitrogens with zero attached hydrogens (tertiary/aromatic N) is 3. The van der Waals surface area contributed by atoms with Gasteiger partial charge in [-0.3, -0.25) is 0 Å². The molecule has 0 N–H and O–H groups in total. The van der Waals surface area contributed by atoms with Gasteiger partial charge in [0.05, 0.1) is 0 Å². The molecule has 1 saturated carbocycles. The summed E-state index contributed by atoms with van der Waals surface area (Å²) < 4.78 is 6.23. The van der Waals surface area contributed by atoms with Gasteiger partial charge in [-0.1, -0.05) is 128 Å². The number of benzene rings is 6. The lowest BCUT2D eigenvalue weighted by Crippen LogP contribution is -2.27. The second kappa shape index (κ2) is 11.1. The fraction of sp³-hybridized carbons (Fsp3) is 0.133. The molecule has 4 heteroatoms. The van der Waals surface area contributed by atoms with Gasteiger partial charge in [-0.05, 0) is 76.6 Å². The molecule has 0 saturated heterocycles. The second-order valence-corrected chi connectivity index (χ2v) is 13.5. The van der Waals surface area contributed by atoms with Crippen LogP contribution >= 0.6 is 0 Å². The van der Waals surface area contributed by atoms with Gasteiger partial charge in [0.2, 0.25) is 0 Å². The van der Waals surface area contributed by atoms with Gasteiger partial charge in [0.25, 0.3) is 0 Å². The average molecular weight is 632 g/mol. The third kappa shape index (κ3) is 4.55. The highest BCUT2D eigenvalue weighted by atomic mass is 16.3. The molecule has 10 rings (SSSR count). The Hall–Kier alpha value is -5.87. The van der Waals surface area contributed by atoms with E-state index < -0.39 is 0 Å². The Morgan fingerprint density at radius 2 is 1.02 bits per heavy atom. The van der Waals surface area contributed by atoms with Gasteiger partial charge in [-0.2, -0.15) is 0 Å². The normalized spacial score (nSPS) is 14.7. The van der Waals surface area contributed by atoms with Gasteiger partial charge < -0.3 is 4.42 Å². The molecule has 6 aromatic carbocycles. The van der Waals surface area contributed by atoms with Crippen molar-refractivity contribution >= 4 is 21.9 Å². The molecule has 1 spiro atoms. The van der Waals surface area contributed by atoms with E-state index in [1.807, 2.05) is 54.6 Å². The fourth-order valence-corrected chi connectivity index (χ4v) is 8.39. The summed E-state index contributed by atoms with van der Waals surface area (Å²) in [5.74, 6) is 1.90. The number of fused-ring (bicyclic) bond motifs is 8. The second-order valence-electron chi connectivity index (χ2n) is 13.5. The Morgan fingerprint density at radius 3 is 1.88 bits per heavy atom. The maximum absolute atomic E-state index is 6.23. The maximum Gasteiger partial charge on any atom is 0.164 e. The number of furan rings is 1. The highest BCUT2D eigenvalue weighted by molar-refractivity contribution is 6.05. The van der Waals surface area contributed by atoms with Crippen LogP contribution in [0.5, 0.6) is 0 Å². The molecule has 49 heavy (non-hydrogen) atoms. The van der Waals surface area contributed by atoms with Gasteiger partial charge in [-0.25, -0.2) is 15.0 Å². The lowest BCUT2D eigenvalue weighted by molar-refractivity contribution is 0.353. The lowest BCUT2D eigenvalue weighted by Gasteiger charge is -2.36. The molecular weight excluding hydrogens is 599 g/mol. The quantitative estimate of drug-likeness (QED) is 0.194. The van der Waals surface area contributed by atoms with Crippen molar-refractivity contribution < 1.29 is 4.42 Å². The van der Waals surface area contributed by atoms with Crippen molar-refractivity contribution in [2.24, 2.45) is 0 Å². The minimum Gasteiger partial charge on any atom is -0.456 e. The zero-order valence-corrected chi connectivity index (χ0v) is 27.1. The number of rotatable bonds is 4. The Balaban J connectivity index is 1.09. The van der Waals surface area contributed by atoms with Crippen molar-refractivity contribution in [3.05, 3.63) is 151 Å². The summed E-state index contributed by atoms with van der Waals surface area (Å²) in [5.41, 5.74) is 12.8. The first kappa shape index (κ1) is 28.2. The van der Waals surface area contributed by atoms with Crippen LogP contribution in [0.2, 0.25) is 0 Å². The van der Waals surface area contributed by atoms with Gasteiger partial charge in [0, 0.05) is 32.9 Å². The van der Waals surface area contributed by atoms with Gasteiger partial charge in [0.15, 0.2) is 17.5 Å². The summed E-state index contributed by atoms with van der Waals surface area (Å²) in [6, 6.07) is 49.3. The minimum atomic E-state index is 0.158. The Morgan fingerprint density at radius 1 is 0.408 bits per heavy atom. The highest BCUT2D eigenvalue weighted by Crippen LogP contribution is 2.56. The molecule has 1 fully saturated rings. The summed E-state index contributed by atoms with van der Waals surface area (Å²) in [6.07, 6.45) is 6.40. The molecule has 0 radical (unpaired) electrons. The molecule has 4 nitrogen and oxygen atoms in total. The molecule has 2 aliphatic carbocycles. The van der Waals surface area contributed by atoms with Gasteiger partial charge in [0.1, 0.15) is 11.2 Å². The zero-order valence-electron chi connectivity index (χ0n) is 27.1. The van der Waals surface area contributed by atoms with Crippen molar-refractivity contribution in [2.45, 2.75) is 37.5 Å². The number of hydrogen-bond donors (Lipinski definition) is 0. The summed E-state index contributed by atoms with van der Waals surface area (Å²) in [4.78, 5) is 15.1. The predicted octanol–water partition coefficient (Wildman–Crippen LogP) is 11.7. The van der Waals surface area contributed by atoms with Crippen LogP contribution in [-0.2, 0) is 5.41 Å². The minimum absolute atomic E-state index is 0.158. The number of hydrogen-bond acceptors (Lipinski definition) is 4. The number of aromatic nitrogens is 3. The predicted molar refractivity (Wildman–Crippen MR) is 198 cm³/mol. The van der Waals surface area contributed by atoms with E-state index in [0.717, 1.165) is 44.2 Å². The summed E-state index contributed by atoms with van der Waals surface area (Å²) >= 11 is 0. The number of para-hydroxylation sites is 1. The van der Waals surface area contributed by atoms with E-state index in [0.29, 0.717) is 17.5 Å². The first-order valence-electron chi connectivity index (χ1n) is 17.3. The highest BCUT2D eigenvalue weighted by Gasteiger charge is 2.43. The van der Waals surface area contributed by atoms with E-state index in [1.54, 1.807) is 0 Å². The van der Waals surface area contributed by atoms with E-state index in [1.165, 1.54) is 59.9 Å². The standard InChI is InChI=1S/C45H33N3O/c1-3-12-29(13-4-1)42-46-43(48-44(47-42)33-20-22-36-35-17-6-8-19-40(35)49-41(36)28-33)32-15-11-14-30(26-32)31-21-23-39-37(27-31)34-16-5-7-18-38(34)45(39)24-9-2-10-25-45/h1,3-8,11-23,26-28H,2,9-10,24-25H2. The summed E-state index contributed by atoms with van der Waals surface area (Å²) in [6.45, 7) is 0. The molecule has 2 aromatic heterocycles. The lowest BCUT2D eigenvalue weighted by atomic mass is 9.68. The molecule has 0 atom stereocenters. The monoisotopic (exact) mass is 631 g/mol. The van der Waals surface area contributed by atoms with Crippen molar-refractivity contribution in [1.29, 1.82) is 0 Å². The Labute approximate surface area is 285 Å². The third-order valence-corrected chi connectivity index (χ3v) is 10.7. The van der Waals surface area contributed by atoms with Crippen LogP contribution in [-0.4, -0.2) is 15.0 Å². The molecule has 8 aromatic rings. The van der Waals surface area contributed by atoms with Crippen LogP contribution < -0.4 is 0 Å². The van der Waals surface area contributed by atoms with Crippen LogP contribution in [0.1, 0.15) is 43.2 Å². The van der Waals surface area contributed by atoms with E-state index >= 15 is 0 Å². The molecule has 2 aliphatic rings. The maximum atomic E-state index is 6.23. The molecule has 0 amide bonds. The summed E-state index contributed by atoms with van der Waals surface area (Å²) in [7, 11) is 0.